The minimum absolute atomic E-state index is 0.102. The molecule has 3 rings (SSSR count). The summed E-state index contributed by atoms with van der Waals surface area (Å²) in [6.45, 7) is 1.15. The molecular formula is C21H25ClN2O3S2. The summed E-state index contributed by atoms with van der Waals surface area (Å²) in [5.74, 6) is 0.545. The maximum Gasteiger partial charge on any atom is 0.243 e. The predicted molar refractivity (Wildman–Crippen MR) is 119 cm³/mol. The Morgan fingerprint density at radius 2 is 1.59 bits per heavy atom. The molecule has 0 spiro atoms. The Kier molecular flexibility index (Phi) is 8.00. The third-order valence-corrected chi connectivity index (χ3v) is 7.93. The van der Waals surface area contributed by atoms with E-state index in [9.17, 15) is 13.2 Å². The summed E-state index contributed by atoms with van der Waals surface area (Å²) in [6, 6.07) is 13.9. The third kappa shape index (κ3) is 6.47. The smallest absolute Gasteiger partial charge is 0.243 e. The highest BCUT2D eigenvalue weighted by atomic mass is 35.5. The lowest BCUT2D eigenvalue weighted by Gasteiger charge is -2.20. The molecule has 2 aromatic rings. The molecule has 1 fully saturated rings. The van der Waals surface area contributed by atoms with Crippen LogP contribution in [0.5, 0.6) is 0 Å². The van der Waals surface area contributed by atoms with Gasteiger partial charge in [-0.15, -0.1) is 11.8 Å². The van der Waals surface area contributed by atoms with E-state index in [1.807, 2.05) is 24.3 Å². The first kappa shape index (κ1) is 22.2. The van der Waals surface area contributed by atoms with Crippen molar-refractivity contribution in [1.29, 1.82) is 0 Å². The standard InChI is InChI=1S/C21H25ClN2O3S2/c22-17-5-9-19(10-6-17)28-16-13-21(25)23-18-7-11-20(12-8-18)29(26,27)24-14-3-1-2-4-15-24/h5-12H,1-4,13-16H2,(H,23,25). The number of hydrogen-bond acceptors (Lipinski definition) is 4. The molecule has 156 valence electrons. The average molecular weight is 453 g/mol. The lowest BCUT2D eigenvalue weighted by molar-refractivity contribution is -0.115. The maximum atomic E-state index is 12.8. The van der Waals surface area contributed by atoms with Crippen molar-refractivity contribution in [2.24, 2.45) is 0 Å². The van der Waals surface area contributed by atoms with Crippen LogP contribution in [-0.2, 0) is 14.8 Å². The number of halogens is 1. The van der Waals surface area contributed by atoms with E-state index in [1.54, 1.807) is 40.3 Å². The molecule has 1 N–H and O–H groups in total. The monoisotopic (exact) mass is 452 g/mol. The second-order valence-electron chi connectivity index (χ2n) is 6.94. The number of rotatable bonds is 7. The van der Waals surface area contributed by atoms with E-state index in [0.29, 0.717) is 36.0 Å². The van der Waals surface area contributed by atoms with E-state index >= 15 is 0 Å². The first-order valence-corrected chi connectivity index (χ1v) is 12.5. The van der Waals surface area contributed by atoms with Gasteiger partial charge < -0.3 is 5.32 Å². The highest BCUT2D eigenvalue weighted by Crippen LogP contribution is 2.23. The average Bonchev–Trinajstić information content (AvgIpc) is 3.00. The molecular weight excluding hydrogens is 428 g/mol. The van der Waals surface area contributed by atoms with Crippen LogP contribution >= 0.6 is 23.4 Å². The fraction of sp³-hybridized carbons (Fsp3) is 0.381. The second-order valence-corrected chi connectivity index (χ2v) is 10.5. The third-order valence-electron chi connectivity index (χ3n) is 4.75. The Balaban J connectivity index is 1.51. The number of thioether (sulfide) groups is 1. The van der Waals surface area contributed by atoms with Crippen molar-refractivity contribution in [1.82, 2.24) is 4.31 Å². The zero-order chi connectivity index (χ0) is 20.7. The molecule has 1 aliphatic rings. The minimum Gasteiger partial charge on any atom is -0.326 e. The largest absolute Gasteiger partial charge is 0.326 e. The van der Waals surface area contributed by atoms with Gasteiger partial charge in [0, 0.05) is 40.9 Å². The molecule has 0 radical (unpaired) electrons. The van der Waals surface area contributed by atoms with E-state index < -0.39 is 10.0 Å². The second kappa shape index (κ2) is 10.5. The number of carbonyl (C=O) groups is 1. The van der Waals surface area contributed by atoms with Crippen LogP contribution in [0, 0.1) is 0 Å². The van der Waals surface area contributed by atoms with Crippen LogP contribution in [0.2, 0.25) is 5.02 Å². The zero-order valence-corrected chi connectivity index (χ0v) is 18.5. The summed E-state index contributed by atoms with van der Waals surface area (Å²) in [4.78, 5) is 13.5. The van der Waals surface area contributed by atoms with Crippen molar-refractivity contribution in [2.75, 3.05) is 24.2 Å². The highest BCUT2D eigenvalue weighted by molar-refractivity contribution is 7.99. The fourth-order valence-electron chi connectivity index (χ4n) is 3.16. The quantitative estimate of drug-likeness (QED) is 0.598. The number of nitrogens with zero attached hydrogens (tertiary/aromatic N) is 1. The SMILES string of the molecule is O=C(CCSc1ccc(Cl)cc1)Nc1ccc(S(=O)(=O)N2CCCCCC2)cc1. The van der Waals surface area contributed by atoms with Gasteiger partial charge in [0.15, 0.2) is 0 Å². The number of nitrogens with one attached hydrogen (secondary N) is 1. The predicted octanol–water partition coefficient (Wildman–Crippen LogP) is 5.03. The topological polar surface area (TPSA) is 66.5 Å². The number of carbonyl (C=O) groups excluding carboxylic acids is 1. The molecule has 1 heterocycles. The van der Waals surface area contributed by atoms with Crippen molar-refractivity contribution >= 4 is 45.0 Å². The molecule has 5 nitrogen and oxygen atoms in total. The minimum atomic E-state index is -3.47. The molecule has 0 aromatic heterocycles. The van der Waals surface area contributed by atoms with Crippen molar-refractivity contribution in [3.63, 3.8) is 0 Å². The van der Waals surface area contributed by atoms with Crippen molar-refractivity contribution in [3.8, 4) is 0 Å². The number of sulfonamides is 1. The van der Waals surface area contributed by atoms with Gasteiger partial charge in [0.1, 0.15) is 0 Å². The van der Waals surface area contributed by atoms with E-state index in [0.717, 1.165) is 30.6 Å². The maximum absolute atomic E-state index is 12.8. The summed E-state index contributed by atoms with van der Waals surface area (Å²) in [5, 5.41) is 3.51. The number of anilines is 1. The van der Waals surface area contributed by atoms with Crippen molar-refractivity contribution < 1.29 is 13.2 Å². The molecule has 29 heavy (non-hydrogen) atoms. The fourth-order valence-corrected chi connectivity index (χ4v) is 5.65. The summed E-state index contributed by atoms with van der Waals surface area (Å²) in [6.07, 6.45) is 4.32. The first-order chi connectivity index (χ1) is 13.9. The van der Waals surface area contributed by atoms with Crippen LogP contribution in [-0.4, -0.2) is 37.5 Å². The van der Waals surface area contributed by atoms with E-state index in [2.05, 4.69) is 5.32 Å². The lowest BCUT2D eigenvalue weighted by atomic mass is 10.2. The first-order valence-electron chi connectivity index (χ1n) is 9.73. The zero-order valence-electron chi connectivity index (χ0n) is 16.1. The molecule has 0 bridgehead atoms. The molecule has 1 aliphatic heterocycles. The Labute approximate surface area is 181 Å². The van der Waals surface area contributed by atoms with Gasteiger partial charge in [-0.2, -0.15) is 4.31 Å². The Hall–Kier alpha value is -1.54. The highest BCUT2D eigenvalue weighted by Gasteiger charge is 2.24. The summed E-state index contributed by atoms with van der Waals surface area (Å²) in [5.41, 5.74) is 0.598. The summed E-state index contributed by atoms with van der Waals surface area (Å²) < 4.78 is 27.2. The molecule has 1 saturated heterocycles. The van der Waals surface area contributed by atoms with Gasteiger partial charge in [0.25, 0.3) is 0 Å². The Morgan fingerprint density at radius 3 is 2.21 bits per heavy atom. The lowest BCUT2D eigenvalue weighted by Crippen LogP contribution is -2.31. The van der Waals surface area contributed by atoms with Gasteiger partial charge >= 0.3 is 0 Å². The molecule has 2 aromatic carbocycles. The normalized spacial score (nSPS) is 15.6. The van der Waals surface area contributed by atoms with Gasteiger partial charge in [0.05, 0.1) is 4.90 Å². The van der Waals surface area contributed by atoms with E-state index in [1.165, 1.54) is 0 Å². The molecule has 1 amide bonds. The summed E-state index contributed by atoms with van der Waals surface area (Å²) >= 11 is 7.45. The van der Waals surface area contributed by atoms with Gasteiger partial charge in [-0.3, -0.25) is 4.79 Å². The number of benzene rings is 2. The van der Waals surface area contributed by atoms with Gasteiger partial charge in [0.2, 0.25) is 15.9 Å². The number of amides is 1. The molecule has 0 atom stereocenters. The molecule has 0 aliphatic carbocycles. The van der Waals surface area contributed by atoms with Gasteiger partial charge in [-0.25, -0.2) is 8.42 Å². The molecule has 8 heteroatoms. The van der Waals surface area contributed by atoms with E-state index in [4.69, 9.17) is 11.6 Å². The van der Waals surface area contributed by atoms with Gasteiger partial charge in [-0.05, 0) is 61.4 Å². The Morgan fingerprint density at radius 1 is 0.966 bits per heavy atom. The van der Waals surface area contributed by atoms with Crippen LogP contribution in [0.25, 0.3) is 0 Å². The Bertz CT molecular complexity index is 908. The van der Waals surface area contributed by atoms with Crippen LogP contribution in [0.3, 0.4) is 0 Å². The van der Waals surface area contributed by atoms with Crippen molar-refractivity contribution in [2.45, 2.75) is 41.9 Å². The molecule has 0 unspecified atom stereocenters. The van der Waals surface area contributed by atoms with Crippen LogP contribution in [0.4, 0.5) is 5.69 Å². The summed E-state index contributed by atoms with van der Waals surface area (Å²) in [7, 11) is -3.47. The van der Waals surface area contributed by atoms with Gasteiger partial charge in [-0.1, -0.05) is 24.4 Å². The molecule has 0 saturated carbocycles. The van der Waals surface area contributed by atoms with Crippen LogP contribution in [0.15, 0.2) is 58.3 Å². The number of hydrogen-bond donors (Lipinski definition) is 1. The van der Waals surface area contributed by atoms with Crippen LogP contribution < -0.4 is 5.32 Å². The van der Waals surface area contributed by atoms with Crippen molar-refractivity contribution in [3.05, 3.63) is 53.6 Å². The van der Waals surface area contributed by atoms with E-state index in [-0.39, 0.29) is 10.8 Å². The van der Waals surface area contributed by atoms with Crippen LogP contribution in [0.1, 0.15) is 32.1 Å².